The van der Waals surface area contributed by atoms with E-state index in [0.717, 1.165) is 9.99 Å². The SMILES string of the molecule is CSc1nc2c(F)c(Br)c(C)cc2c(N(C(=O)OC(C)(C)C)C2[C@@H]3C[C@H]2N(C(=O)OC(C)(C)C)C3)c1I. The average Bonchev–Trinajstić information content (AvgIpc) is 3.34. The lowest BCUT2D eigenvalue weighted by Crippen LogP contribution is -2.59. The van der Waals surface area contributed by atoms with E-state index in [1.165, 1.54) is 11.8 Å². The number of hydrogen-bond donors (Lipinski definition) is 0. The average molecular weight is 708 g/mol. The monoisotopic (exact) mass is 707 g/mol. The minimum Gasteiger partial charge on any atom is -0.444 e. The van der Waals surface area contributed by atoms with E-state index in [2.05, 4.69) is 43.5 Å². The number of ether oxygens (including phenoxy) is 2. The molecule has 0 spiro atoms. The van der Waals surface area contributed by atoms with Crippen LogP contribution in [0.5, 0.6) is 0 Å². The van der Waals surface area contributed by atoms with Gasteiger partial charge >= 0.3 is 12.2 Å². The minimum absolute atomic E-state index is 0.0446. The number of carbonyl (C=O) groups is 2. The molecule has 7 nitrogen and oxygen atoms in total. The normalized spacial score (nSPS) is 21.2. The first-order valence-electron chi connectivity index (χ1n) is 12.1. The van der Waals surface area contributed by atoms with Crippen LogP contribution in [0.25, 0.3) is 10.9 Å². The lowest BCUT2D eigenvalue weighted by atomic mass is 9.78. The molecule has 1 aromatic heterocycles. The van der Waals surface area contributed by atoms with Crippen LogP contribution in [0.4, 0.5) is 19.7 Å². The van der Waals surface area contributed by atoms with E-state index in [1.807, 2.05) is 53.9 Å². The molecule has 2 bridgehead atoms. The number of halogens is 3. The number of benzene rings is 1. The van der Waals surface area contributed by atoms with Gasteiger partial charge in [-0.3, -0.25) is 4.90 Å². The molecule has 1 aromatic carbocycles. The van der Waals surface area contributed by atoms with Crippen molar-refractivity contribution in [2.45, 2.75) is 83.2 Å². The number of carbonyl (C=O) groups excluding carboxylic acids is 2. The van der Waals surface area contributed by atoms with Gasteiger partial charge in [0.2, 0.25) is 0 Å². The standard InChI is InChI=1S/C26H32BrFIN3O4S/c1-12-9-14-19(17(28)16(12)27)30-22(37-8)18(29)21(14)32(24(34)36-26(5,6)7)20-13-10-15(20)31(11-13)23(33)35-25(2,3)4/h9,13,15,20H,10-11H2,1-8H3/t13-,15-,20?/m1/s1. The fourth-order valence-corrected chi connectivity index (χ4v) is 7.04. The maximum Gasteiger partial charge on any atom is 0.415 e. The lowest BCUT2D eigenvalue weighted by molar-refractivity contribution is 0.0216. The molecular weight excluding hydrogens is 676 g/mol. The summed E-state index contributed by atoms with van der Waals surface area (Å²) in [6, 6.07) is 1.29. The van der Waals surface area contributed by atoms with E-state index in [-0.39, 0.29) is 23.5 Å². The Hall–Kier alpha value is -1.34. The molecule has 1 saturated carbocycles. The first-order valence-corrected chi connectivity index (χ1v) is 15.2. The number of hydrogen-bond acceptors (Lipinski definition) is 6. The van der Waals surface area contributed by atoms with E-state index in [0.29, 0.717) is 32.7 Å². The van der Waals surface area contributed by atoms with E-state index in [1.54, 1.807) is 16.7 Å². The van der Waals surface area contributed by atoms with Gasteiger partial charge in [0, 0.05) is 17.8 Å². The number of aryl methyl sites for hydroxylation is 1. The van der Waals surface area contributed by atoms with Crippen molar-refractivity contribution in [3.05, 3.63) is 25.5 Å². The van der Waals surface area contributed by atoms with Crippen molar-refractivity contribution in [1.82, 2.24) is 9.88 Å². The second-order valence-electron chi connectivity index (χ2n) is 11.5. The van der Waals surface area contributed by atoms with E-state index < -0.39 is 29.2 Å². The minimum atomic E-state index is -0.746. The van der Waals surface area contributed by atoms with E-state index in [4.69, 9.17) is 9.47 Å². The van der Waals surface area contributed by atoms with Gasteiger partial charge in [0.05, 0.1) is 25.8 Å². The van der Waals surface area contributed by atoms with Crippen molar-refractivity contribution < 1.29 is 23.5 Å². The Bertz CT molecular complexity index is 1280. The third-order valence-corrected chi connectivity index (χ3v) is 9.47. The maximum absolute atomic E-state index is 15.5. The van der Waals surface area contributed by atoms with Crippen molar-refractivity contribution in [1.29, 1.82) is 0 Å². The molecule has 202 valence electrons. The molecule has 3 atom stereocenters. The van der Waals surface area contributed by atoms with Crippen molar-refractivity contribution >= 4 is 79.1 Å². The molecule has 5 rings (SSSR count). The predicted molar refractivity (Wildman–Crippen MR) is 156 cm³/mol. The molecule has 0 radical (unpaired) electrons. The molecule has 2 amide bonds. The summed E-state index contributed by atoms with van der Waals surface area (Å²) in [5.74, 6) is -0.428. The van der Waals surface area contributed by atoms with Crippen LogP contribution in [0.15, 0.2) is 15.6 Å². The molecule has 37 heavy (non-hydrogen) atoms. The third kappa shape index (κ3) is 5.41. The van der Waals surface area contributed by atoms with Gasteiger partial charge < -0.3 is 14.4 Å². The predicted octanol–water partition coefficient (Wildman–Crippen LogP) is 7.52. The highest BCUT2D eigenvalue weighted by molar-refractivity contribution is 14.1. The zero-order valence-electron chi connectivity index (χ0n) is 22.2. The number of thioether (sulfide) groups is 1. The molecule has 2 saturated heterocycles. The molecular formula is C26H32BrFIN3O4S. The molecule has 0 N–H and O–H groups in total. The summed E-state index contributed by atoms with van der Waals surface area (Å²) in [4.78, 5) is 34.9. The zero-order valence-corrected chi connectivity index (χ0v) is 26.8. The van der Waals surface area contributed by atoms with Crippen LogP contribution in [-0.4, -0.2) is 58.2 Å². The second-order valence-corrected chi connectivity index (χ2v) is 14.2. The Morgan fingerprint density at radius 1 is 1.22 bits per heavy atom. The largest absolute Gasteiger partial charge is 0.444 e. The van der Waals surface area contributed by atoms with Crippen LogP contribution in [-0.2, 0) is 9.47 Å². The van der Waals surface area contributed by atoms with Gasteiger partial charge in [0.25, 0.3) is 0 Å². The molecule has 3 heterocycles. The van der Waals surface area contributed by atoms with Gasteiger partial charge in [-0.25, -0.2) is 19.0 Å². The summed E-state index contributed by atoms with van der Waals surface area (Å²) < 4.78 is 28.1. The smallest absolute Gasteiger partial charge is 0.415 e. The zero-order chi connectivity index (χ0) is 27.6. The van der Waals surface area contributed by atoms with Gasteiger partial charge in [0.15, 0.2) is 5.82 Å². The summed E-state index contributed by atoms with van der Waals surface area (Å²) in [6.07, 6.45) is 1.71. The Labute approximate surface area is 243 Å². The third-order valence-electron chi connectivity index (χ3n) is 6.43. The molecule has 3 fully saturated rings. The van der Waals surface area contributed by atoms with Crippen molar-refractivity contribution in [3.8, 4) is 0 Å². The quantitative estimate of drug-likeness (QED) is 0.243. The molecule has 1 aliphatic carbocycles. The fraction of sp³-hybridized carbons (Fsp3) is 0.577. The van der Waals surface area contributed by atoms with Gasteiger partial charge in [-0.05, 0) is 111 Å². The maximum atomic E-state index is 15.5. The Morgan fingerprint density at radius 3 is 2.41 bits per heavy atom. The number of pyridine rings is 1. The van der Waals surface area contributed by atoms with Crippen LogP contribution in [0.3, 0.4) is 0 Å². The van der Waals surface area contributed by atoms with Crippen LogP contribution >= 0.6 is 50.3 Å². The summed E-state index contributed by atoms with van der Waals surface area (Å²) in [7, 11) is 0. The fourth-order valence-electron chi connectivity index (χ4n) is 4.95. The molecule has 11 heteroatoms. The second kappa shape index (κ2) is 10.0. The van der Waals surface area contributed by atoms with Crippen molar-refractivity contribution in [2.75, 3.05) is 17.7 Å². The first-order chi connectivity index (χ1) is 17.0. The Morgan fingerprint density at radius 2 is 1.84 bits per heavy atom. The molecule has 1 unspecified atom stereocenters. The highest BCUT2D eigenvalue weighted by atomic mass is 127. The van der Waals surface area contributed by atoms with E-state index in [9.17, 15) is 9.59 Å². The van der Waals surface area contributed by atoms with Gasteiger partial charge in [0.1, 0.15) is 21.7 Å². The van der Waals surface area contributed by atoms with Crippen LogP contribution in [0, 0.1) is 22.2 Å². The summed E-state index contributed by atoms with van der Waals surface area (Å²) >= 11 is 6.91. The topological polar surface area (TPSA) is 72.0 Å². The number of nitrogens with zero attached hydrogens (tertiary/aromatic N) is 3. The highest BCUT2D eigenvalue weighted by Crippen LogP contribution is 2.49. The van der Waals surface area contributed by atoms with Gasteiger partial charge in [-0.2, -0.15) is 0 Å². The van der Waals surface area contributed by atoms with Crippen LogP contribution in [0.1, 0.15) is 53.5 Å². The van der Waals surface area contributed by atoms with E-state index >= 15 is 4.39 Å². The molecule has 2 aromatic rings. The Balaban J connectivity index is 1.89. The summed E-state index contributed by atoms with van der Waals surface area (Å²) in [5, 5.41) is 1.14. The summed E-state index contributed by atoms with van der Waals surface area (Å²) in [6.45, 7) is 13.2. The lowest BCUT2D eigenvalue weighted by Gasteiger charge is -2.44. The van der Waals surface area contributed by atoms with Crippen molar-refractivity contribution in [2.24, 2.45) is 5.92 Å². The molecule has 3 aliphatic rings. The van der Waals surface area contributed by atoms with Crippen molar-refractivity contribution in [3.63, 3.8) is 0 Å². The summed E-state index contributed by atoms with van der Waals surface area (Å²) in [5.41, 5.74) is 0.0587. The van der Waals surface area contributed by atoms with Crippen LogP contribution in [0.2, 0.25) is 0 Å². The molecule has 2 aliphatic heterocycles. The number of rotatable bonds is 3. The van der Waals surface area contributed by atoms with Gasteiger partial charge in [-0.15, -0.1) is 11.8 Å². The first kappa shape index (κ1) is 28.7. The number of fused-ring (bicyclic) bond motifs is 2. The Kier molecular flexibility index (Phi) is 7.75. The number of aromatic nitrogens is 1. The number of anilines is 1. The van der Waals surface area contributed by atoms with Crippen LogP contribution < -0.4 is 4.90 Å². The number of amides is 2. The highest BCUT2D eigenvalue weighted by Gasteiger charge is 2.59. The van der Waals surface area contributed by atoms with Gasteiger partial charge in [-0.1, -0.05) is 0 Å².